The van der Waals surface area contributed by atoms with E-state index in [0.717, 1.165) is 12.5 Å². The van der Waals surface area contributed by atoms with Gasteiger partial charge in [0, 0.05) is 18.6 Å². The van der Waals surface area contributed by atoms with Gasteiger partial charge in [0.15, 0.2) is 19.7 Å². The van der Waals surface area contributed by atoms with Crippen LogP contribution < -0.4 is 5.32 Å². The van der Waals surface area contributed by atoms with E-state index >= 15 is 0 Å². The second-order valence-electron chi connectivity index (χ2n) is 6.48. The molecule has 0 spiro atoms. The number of rotatable bonds is 4. The Balaban J connectivity index is 1.94. The standard InChI is InChI=1S/C15H21NO4S2/c1-21(17,18)10-7-8-13(14(9-10)22(2,19)20)16-15-11-5-3-4-6-12(11)15/h7-9,11-12,15-16H,3-6H2,1-2H3/t11-,12-/m0/s1. The topological polar surface area (TPSA) is 80.3 Å². The molecule has 7 heteroatoms. The summed E-state index contributed by atoms with van der Waals surface area (Å²) in [6, 6.07) is 4.64. The zero-order valence-corrected chi connectivity index (χ0v) is 14.4. The van der Waals surface area contributed by atoms with E-state index in [1.54, 1.807) is 6.07 Å². The largest absolute Gasteiger partial charge is 0.381 e. The predicted octanol–water partition coefficient (Wildman–Crippen LogP) is 2.09. The van der Waals surface area contributed by atoms with Crippen molar-refractivity contribution in [2.45, 2.75) is 41.5 Å². The molecule has 0 saturated heterocycles. The van der Waals surface area contributed by atoms with E-state index < -0.39 is 19.7 Å². The Kier molecular flexibility index (Phi) is 3.76. The SMILES string of the molecule is CS(=O)(=O)c1ccc(NC2[C@H]3CCCC[C@H]23)c(S(C)(=O)=O)c1. The van der Waals surface area contributed by atoms with Gasteiger partial charge in [-0.1, -0.05) is 12.8 Å². The molecule has 2 atom stereocenters. The summed E-state index contributed by atoms with van der Waals surface area (Å²) in [6.45, 7) is 0. The van der Waals surface area contributed by atoms with Crippen molar-refractivity contribution >= 4 is 25.4 Å². The Morgan fingerprint density at radius 1 is 0.955 bits per heavy atom. The van der Waals surface area contributed by atoms with Crippen LogP contribution in [0.4, 0.5) is 5.69 Å². The molecule has 3 rings (SSSR count). The van der Waals surface area contributed by atoms with E-state index in [1.807, 2.05) is 0 Å². The fourth-order valence-electron chi connectivity index (χ4n) is 3.55. The van der Waals surface area contributed by atoms with Gasteiger partial charge in [-0.3, -0.25) is 0 Å². The van der Waals surface area contributed by atoms with Crippen molar-refractivity contribution in [2.24, 2.45) is 11.8 Å². The van der Waals surface area contributed by atoms with Gasteiger partial charge in [-0.05, 0) is 42.9 Å². The fourth-order valence-corrected chi connectivity index (χ4v) is 5.13. The average Bonchev–Trinajstić information content (AvgIpc) is 3.10. The van der Waals surface area contributed by atoms with Crippen molar-refractivity contribution in [2.75, 3.05) is 17.8 Å². The number of anilines is 1. The van der Waals surface area contributed by atoms with Gasteiger partial charge < -0.3 is 5.32 Å². The Labute approximate surface area is 132 Å². The van der Waals surface area contributed by atoms with Crippen molar-refractivity contribution < 1.29 is 16.8 Å². The van der Waals surface area contributed by atoms with Crippen LogP contribution in [0.1, 0.15) is 25.7 Å². The van der Waals surface area contributed by atoms with Crippen molar-refractivity contribution in [1.29, 1.82) is 0 Å². The minimum Gasteiger partial charge on any atom is -0.381 e. The lowest BCUT2D eigenvalue weighted by molar-refractivity contribution is 0.480. The predicted molar refractivity (Wildman–Crippen MR) is 85.5 cm³/mol. The molecule has 2 aliphatic rings. The molecule has 0 aromatic heterocycles. The Morgan fingerprint density at radius 3 is 2.05 bits per heavy atom. The van der Waals surface area contributed by atoms with Crippen molar-refractivity contribution in [3.8, 4) is 0 Å². The second kappa shape index (κ2) is 5.23. The number of hydrogen-bond donors (Lipinski definition) is 1. The molecule has 1 aromatic rings. The summed E-state index contributed by atoms with van der Waals surface area (Å²) in [5.41, 5.74) is 0.523. The van der Waals surface area contributed by atoms with Crippen LogP contribution in [0.5, 0.6) is 0 Å². The smallest absolute Gasteiger partial charge is 0.177 e. The van der Waals surface area contributed by atoms with Crippen LogP contribution in [0.15, 0.2) is 28.0 Å². The van der Waals surface area contributed by atoms with Crippen LogP contribution in [0.2, 0.25) is 0 Å². The lowest BCUT2D eigenvalue weighted by atomic mass is 10.0. The van der Waals surface area contributed by atoms with E-state index in [4.69, 9.17) is 0 Å². The van der Waals surface area contributed by atoms with Crippen LogP contribution in [-0.4, -0.2) is 35.4 Å². The first-order chi connectivity index (χ1) is 10.2. The summed E-state index contributed by atoms with van der Waals surface area (Å²) in [5.74, 6) is 1.27. The summed E-state index contributed by atoms with van der Waals surface area (Å²) < 4.78 is 47.3. The quantitative estimate of drug-likeness (QED) is 0.905. The number of sulfone groups is 2. The molecule has 1 N–H and O–H groups in total. The maximum atomic E-state index is 12.0. The van der Waals surface area contributed by atoms with Crippen molar-refractivity contribution in [1.82, 2.24) is 0 Å². The summed E-state index contributed by atoms with van der Waals surface area (Å²) >= 11 is 0. The number of fused-ring (bicyclic) bond motifs is 1. The highest BCUT2D eigenvalue weighted by molar-refractivity contribution is 7.91. The van der Waals surface area contributed by atoms with E-state index in [1.165, 1.54) is 37.8 Å². The highest BCUT2D eigenvalue weighted by Crippen LogP contribution is 2.51. The Bertz CT molecular complexity index is 787. The molecule has 2 fully saturated rings. The molecule has 2 saturated carbocycles. The molecule has 1 aromatic carbocycles. The van der Waals surface area contributed by atoms with Crippen LogP contribution in [0.25, 0.3) is 0 Å². The van der Waals surface area contributed by atoms with Gasteiger partial charge in [0.05, 0.1) is 15.5 Å². The zero-order valence-electron chi connectivity index (χ0n) is 12.7. The first kappa shape index (κ1) is 15.8. The lowest BCUT2D eigenvalue weighted by Gasteiger charge is -2.12. The van der Waals surface area contributed by atoms with Gasteiger partial charge in [-0.15, -0.1) is 0 Å². The van der Waals surface area contributed by atoms with Gasteiger partial charge in [0.25, 0.3) is 0 Å². The molecule has 122 valence electrons. The van der Waals surface area contributed by atoms with Crippen LogP contribution in [0.3, 0.4) is 0 Å². The third kappa shape index (κ3) is 3.01. The molecule has 0 aliphatic heterocycles. The molecular weight excluding hydrogens is 322 g/mol. The molecule has 0 unspecified atom stereocenters. The molecule has 0 bridgehead atoms. The lowest BCUT2D eigenvalue weighted by Crippen LogP contribution is -2.11. The van der Waals surface area contributed by atoms with Crippen molar-refractivity contribution in [3.05, 3.63) is 18.2 Å². The summed E-state index contributed by atoms with van der Waals surface area (Å²) in [4.78, 5) is 0.103. The third-order valence-electron chi connectivity index (χ3n) is 4.76. The van der Waals surface area contributed by atoms with Gasteiger partial charge >= 0.3 is 0 Å². The number of hydrogen-bond acceptors (Lipinski definition) is 5. The molecule has 0 amide bonds. The molecular formula is C15H21NO4S2. The van der Waals surface area contributed by atoms with Gasteiger partial charge in [0.2, 0.25) is 0 Å². The fraction of sp³-hybridized carbons (Fsp3) is 0.600. The van der Waals surface area contributed by atoms with Crippen molar-refractivity contribution in [3.63, 3.8) is 0 Å². The minimum absolute atomic E-state index is 0.0340. The zero-order chi connectivity index (χ0) is 16.1. The summed E-state index contributed by atoms with van der Waals surface area (Å²) in [6.07, 6.45) is 7.06. The van der Waals surface area contributed by atoms with E-state index in [-0.39, 0.29) is 9.79 Å². The monoisotopic (exact) mass is 343 g/mol. The van der Waals surface area contributed by atoms with Crippen LogP contribution in [0, 0.1) is 11.8 Å². The molecule has 0 radical (unpaired) electrons. The third-order valence-corrected chi connectivity index (χ3v) is 7.01. The maximum absolute atomic E-state index is 12.0. The minimum atomic E-state index is -3.49. The number of nitrogens with one attached hydrogen (secondary N) is 1. The Morgan fingerprint density at radius 2 is 1.55 bits per heavy atom. The maximum Gasteiger partial charge on any atom is 0.177 e. The highest BCUT2D eigenvalue weighted by atomic mass is 32.2. The summed E-state index contributed by atoms with van der Waals surface area (Å²) in [7, 11) is -6.92. The number of benzene rings is 1. The first-order valence-corrected chi connectivity index (χ1v) is 11.3. The van der Waals surface area contributed by atoms with E-state index in [0.29, 0.717) is 23.6 Å². The molecule has 5 nitrogen and oxygen atoms in total. The van der Waals surface area contributed by atoms with Gasteiger partial charge in [0.1, 0.15) is 0 Å². The molecule has 0 heterocycles. The van der Waals surface area contributed by atoms with E-state index in [9.17, 15) is 16.8 Å². The van der Waals surface area contributed by atoms with Gasteiger partial charge in [-0.25, -0.2) is 16.8 Å². The van der Waals surface area contributed by atoms with Crippen LogP contribution >= 0.6 is 0 Å². The van der Waals surface area contributed by atoms with E-state index in [2.05, 4.69) is 5.32 Å². The molecule has 2 aliphatic carbocycles. The molecule has 22 heavy (non-hydrogen) atoms. The second-order valence-corrected chi connectivity index (χ2v) is 10.5. The van der Waals surface area contributed by atoms with Crippen LogP contribution in [-0.2, 0) is 19.7 Å². The Hall–Kier alpha value is -1.08. The highest BCUT2D eigenvalue weighted by Gasteiger charge is 2.50. The normalized spacial score (nSPS) is 28.0. The average molecular weight is 343 g/mol. The first-order valence-electron chi connectivity index (χ1n) is 7.48. The van der Waals surface area contributed by atoms with Gasteiger partial charge in [-0.2, -0.15) is 0 Å². The summed E-state index contributed by atoms with van der Waals surface area (Å²) in [5, 5.41) is 3.34.